The minimum atomic E-state index is -0.414. The highest BCUT2D eigenvalue weighted by Crippen LogP contribution is 2.53. The van der Waals surface area contributed by atoms with Crippen molar-refractivity contribution in [2.75, 3.05) is 11.9 Å². The number of nitrogens with zero attached hydrogens (tertiary/aromatic N) is 1. The summed E-state index contributed by atoms with van der Waals surface area (Å²) in [4.78, 5) is 2.27. The quantitative estimate of drug-likeness (QED) is 0.512. The van der Waals surface area contributed by atoms with Gasteiger partial charge in [0.2, 0.25) is 0 Å². The van der Waals surface area contributed by atoms with Crippen LogP contribution in [0.15, 0.2) is 121 Å². The van der Waals surface area contributed by atoms with E-state index in [1.54, 1.807) is 0 Å². The Morgan fingerprint density at radius 2 is 1.32 bits per heavy atom. The van der Waals surface area contributed by atoms with Crippen LogP contribution < -0.4 is 4.90 Å². The molecule has 1 aliphatic rings. The summed E-state index contributed by atoms with van der Waals surface area (Å²) in [6.45, 7) is 6.32. The first-order valence-electron chi connectivity index (χ1n) is 9.69. The van der Waals surface area contributed by atoms with Crippen LogP contribution in [-0.2, 0) is 5.41 Å². The van der Waals surface area contributed by atoms with E-state index in [1.807, 2.05) is 6.08 Å². The van der Waals surface area contributed by atoms with Crippen molar-refractivity contribution >= 4 is 5.69 Å². The van der Waals surface area contributed by atoms with Crippen molar-refractivity contribution in [2.45, 2.75) is 12.3 Å². The minimum absolute atomic E-state index is 0.414. The van der Waals surface area contributed by atoms with Gasteiger partial charge in [-0.15, -0.1) is 0 Å². The summed E-state index contributed by atoms with van der Waals surface area (Å²) in [7, 11) is 2.14. The monoisotopic (exact) mass is 363 g/mol. The highest BCUT2D eigenvalue weighted by molar-refractivity contribution is 5.77. The van der Waals surface area contributed by atoms with Gasteiger partial charge in [-0.3, -0.25) is 0 Å². The molecule has 0 atom stereocenters. The van der Waals surface area contributed by atoms with Gasteiger partial charge in [0.15, 0.2) is 0 Å². The number of hydrogen-bond donors (Lipinski definition) is 0. The van der Waals surface area contributed by atoms with Gasteiger partial charge in [-0.1, -0.05) is 97.6 Å². The average molecular weight is 364 g/mol. The van der Waals surface area contributed by atoms with Crippen molar-refractivity contribution in [3.8, 4) is 0 Å². The third kappa shape index (κ3) is 2.55. The fourth-order valence-corrected chi connectivity index (χ4v) is 4.51. The van der Waals surface area contributed by atoms with Crippen molar-refractivity contribution in [1.29, 1.82) is 0 Å². The summed E-state index contributed by atoms with van der Waals surface area (Å²) < 4.78 is 0. The molecular formula is C27H25N. The lowest BCUT2D eigenvalue weighted by Crippen LogP contribution is -2.39. The van der Waals surface area contributed by atoms with Gasteiger partial charge in [0.05, 0.1) is 5.41 Å². The van der Waals surface area contributed by atoms with Crippen LogP contribution in [0.3, 0.4) is 0 Å². The third-order valence-electron chi connectivity index (χ3n) is 5.65. The lowest BCUT2D eigenvalue weighted by atomic mass is 9.62. The van der Waals surface area contributed by atoms with E-state index >= 15 is 0 Å². The van der Waals surface area contributed by atoms with Gasteiger partial charge in [-0.25, -0.2) is 0 Å². The Morgan fingerprint density at radius 3 is 1.86 bits per heavy atom. The van der Waals surface area contributed by atoms with E-state index in [2.05, 4.69) is 123 Å². The SMILES string of the molecule is C=CC1=C(/C=C\C)N(C)c2ccccc2C1(c1ccccc1)c1ccccc1. The highest BCUT2D eigenvalue weighted by Gasteiger charge is 2.45. The molecule has 4 rings (SSSR count). The maximum Gasteiger partial charge on any atom is 0.0741 e. The number of anilines is 1. The summed E-state index contributed by atoms with van der Waals surface area (Å²) in [6.07, 6.45) is 6.32. The van der Waals surface area contributed by atoms with Crippen molar-refractivity contribution in [1.82, 2.24) is 0 Å². The fourth-order valence-electron chi connectivity index (χ4n) is 4.51. The molecule has 0 saturated heterocycles. The van der Waals surface area contributed by atoms with Crippen LogP contribution in [0.4, 0.5) is 5.69 Å². The standard InChI is InChI=1S/C27H25N/c1-4-14-25-23(5-2)27(21-15-8-6-9-16-21,22-17-10-7-11-18-22)24-19-12-13-20-26(24)28(25)3/h4-20H,2H2,1,3H3/b14-4-. The van der Waals surface area contributed by atoms with Crippen molar-refractivity contribution in [2.24, 2.45) is 0 Å². The van der Waals surface area contributed by atoms with Crippen LogP contribution in [0, 0.1) is 0 Å². The predicted octanol–water partition coefficient (Wildman–Crippen LogP) is 6.49. The summed E-state index contributed by atoms with van der Waals surface area (Å²) in [6, 6.07) is 30.3. The van der Waals surface area contributed by atoms with Gasteiger partial charge in [0.1, 0.15) is 0 Å². The summed E-state index contributed by atoms with van der Waals surface area (Å²) in [5.74, 6) is 0. The Labute approximate surface area is 168 Å². The first-order chi connectivity index (χ1) is 13.7. The summed E-state index contributed by atoms with van der Waals surface area (Å²) in [5.41, 5.74) is 6.94. The Kier molecular flexibility index (Phi) is 4.75. The number of fused-ring (bicyclic) bond motifs is 1. The molecule has 0 radical (unpaired) electrons. The molecular weight excluding hydrogens is 338 g/mol. The van der Waals surface area contributed by atoms with E-state index in [-0.39, 0.29) is 0 Å². The molecule has 3 aromatic rings. The number of allylic oxidation sites excluding steroid dienone is 4. The van der Waals surface area contributed by atoms with E-state index in [1.165, 1.54) is 33.6 Å². The van der Waals surface area contributed by atoms with Gasteiger partial charge in [0, 0.05) is 18.4 Å². The van der Waals surface area contributed by atoms with Crippen LogP contribution in [0.5, 0.6) is 0 Å². The van der Waals surface area contributed by atoms with E-state index < -0.39 is 5.41 Å². The maximum absolute atomic E-state index is 4.25. The van der Waals surface area contributed by atoms with E-state index in [4.69, 9.17) is 0 Å². The van der Waals surface area contributed by atoms with Crippen LogP contribution in [-0.4, -0.2) is 7.05 Å². The van der Waals surface area contributed by atoms with Gasteiger partial charge in [0.25, 0.3) is 0 Å². The molecule has 138 valence electrons. The van der Waals surface area contributed by atoms with E-state index in [9.17, 15) is 0 Å². The first kappa shape index (κ1) is 18.1. The second kappa shape index (κ2) is 7.36. The third-order valence-corrected chi connectivity index (χ3v) is 5.65. The smallest absolute Gasteiger partial charge is 0.0741 e. The highest BCUT2D eigenvalue weighted by atomic mass is 15.1. The van der Waals surface area contributed by atoms with Crippen LogP contribution in [0.25, 0.3) is 0 Å². The summed E-state index contributed by atoms with van der Waals surface area (Å²) >= 11 is 0. The number of likely N-dealkylation sites (N-methyl/N-ethyl adjacent to an activating group) is 1. The molecule has 0 N–H and O–H groups in total. The van der Waals surface area contributed by atoms with Crippen LogP contribution in [0.2, 0.25) is 0 Å². The molecule has 1 nitrogen and oxygen atoms in total. The van der Waals surface area contributed by atoms with Gasteiger partial charge < -0.3 is 4.90 Å². The van der Waals surface area contributed by atoms with Crippen molar-refractivity contribution < 1.29 is 0 Å². The Hall–Kier alpha value is -3.32. The molecule has 0 bridgehead atoms. The molecule has 3 aromatic carbocycles. The zero-order valence-corrected chi connectivity index (χ0v) is 16.5. The maximum atomic E-state index is 4.25. The predicted molar refractivity (Wildman–Crippen MR) is 120 cm³/mol. The van der Waals surface area contributed by atoms with Crippen LogP contribution >= 0.6 is 0 Å². The molecule has 0 saturated carbocycles. The number of hydrogen-bond acceptors (Lipinski definition) is 1. The van der Waals surface area contributed by atoms with Crippen molar-refractivity contribution in [3.63, 3.8) is 0 Å². The zero-order valence-electron chi connectivity index (χ0n) is 16.5. The first-order valence-corrected chi connectivity index (χ1v) is 9.69. The topological polar surface area (TPSA) is 3.24 Å². The van der Waals surface area contributed by atoms with Crippen molar-refractivity contribution in [3.05, 3.63) is 138 Å². The number of benzene rings is 3. The molecule has 0 aliphatic carbocycles. The number of rotatable bonds is 4. The lowest BCUT2D eigenvalue weighted by Gasteiger charge is -2.45. The Balaban J connectivity index is 2.23. The average Bonchev–Trinajstić information content (AvgIpc) is 2.77. The Morgan fingerprint density at radius 1 is 0.786 bits per heavy atom. The normalized spacial score (nSPS) is 15.6. The molecule has 1 aliphatic heterocycles. The van der Waals surface area contributed by atoms with Gasteiger partial charge in [-0.05, 0) is 41.3 Å². The molecule has 0 amide bonds. The lowest BCUT2D eigenvalue weighted by molar-refractivity contribution is 0.713. The fraction of sp³-hybridized carbons (Fsp3) is 0.111. The van der Waals surface area contributed by atoms with Gasteiger partial charge >= 0.3 is 0 Å². The second-order valence-corrected chi connectivity index (χ2v) is 7.06. The second-order valence-electron chi connectivity index (χ2n) is 7.06. The minimum Gasteiger partial charge on any atom is -0.344 e. The zero-order chi connectivity index (χ0) is 19.6. The van der Waals surface area contributed by atoms with E-state index in [0.717, 1.165) is 0 Å². The van der Waals surface area contributed by atoms with Gasteiger partial charge in [-0.2, -0.15) is 0 Å². The molecule has 0 unspecified atom stereocenters. The Bertz CT molecular complexity index is 1000. The summed E-state index contributed by atoms with van der Waals surface area (Å²) in [5, 5.41) is 0. The van der Waals surface area contributed by atoms with Crippen LogP contribution in [0.1, 0.15) is 23.6 Å². The molecule has 1 heteroatoms. The largest absolute Gasteiger partial charge is 0.344 e. The molecule has 1 heterocycles. The molecule has 0 spiro atoms. The number of para-hydroxylation sites is 1. The molecule has 0 fully saturated rings. The van der Waals surface area contributed by atoms with E-state index in [0.29, 0.717) is 0 Å². The molecule has 28 heavy (non-hydrogen) atoms. The molecule has 0 aromatic heterocycles.